The van der Waals surface area contributed by atoms with Gasteiger partial charge in [-0.05, 0) is 26.2 Å². The van der Waals surface area contributed by atoms with Crippen LogP contribution in [0.2, 0.25) is 0 Å². The van der Waals surface area contributed by atoms with Gasteiger partial charge in [0.25, 0.3) is 0 Å². The number of aliphatic imine (C=N–C) groups is 1. The topological polar surface area (TPSA) is 77.0 Å². The summed E-state index contributed by atoms with van der Waals surface area (Å²) >= 11 is 0. The molecule has 26 heavy (non-hydrogen) atoms. The molecule has 2 N–H and O–H groups in total. The Balaban J connectivity index is 0.00000625. The molecule has 0 spiro atoms. The average molecular weight is 481 g/mol. The van der Waals surface area contributed by atoms with Gasteiger partial charge in [0.05, 0.1) is 5.41 Å². The molecule has 0 radical (unpaired) electrons. The summed E-state index contributed by atoms with van der Waals surface area (Å²) in [6.07, 6.45) is 4.88. The Labute approximate surface area is 175 Å². The quantitative estimate of drug-likeness (QED) is 0.330. The van der Waals surface area contributed by atoms with Crippen LogP contribution in [0, 0.1) is 5.41 Å². The summed E-state index contributed by atoms with van der Waals surface area (Å²) < 4.78 is 0. The van der Waals surface area contributed by atoms with Gasteiger partial charge in [-0.15, -0.1) is 24.0 Å². The zero-order valence-corrected chi connectivity index (χ0v) is 19.4. The zero-order valence-electron chi connectivity index (χ0n) is 17.1. The molecule has 1 aliphatic rings. The number of nitrogens with one attached hydrogen (secondary N) is 2. The first-order valence-corrected chi connectivity index (χ1v) is 9.18. The van der Waals surface area contributed by atoms with Crippen LogP contribution in [-0.2, 0) is 9.59 Å². The first-order chi connectivity index (χ1) is 11.7. The van der Waals surface area contributed by atoms with Gasteiger partial charge >= 0.3 is 0 Å². The van der Waals surface area contributed by atoms with Crippen molar-refractivity contribution < 1.29 is 9.59 Å². The van der Waals surface area contributed by atoms with Gasteiger partial charge in [0.1, 0.15) is 6.54 Å². The number of hydrogen-bond acceptors (Lipinski definition) is 3. The van der Waals surface area contributed by atoms with Gasteiger partial charge in [0, 0.05) is 40.8 Å². The van der Waals surface area contributed by atoms with Crippen molar-refractivity contribution in [1.29, 1.82) is 0 Å². The molecule has 1 atom stereocenters. The molecule has 0 aliphatic heterocycles. The highest BCUT2D eigenvalue weighted by molar-refractivity contribution is 14.0. The number of likely N-dealkylation sites (N-methyl/N-ethyl adjacent to an activating group) is 1. The van der Waals surface area contributed by atoms with E-state index in [1.807, 2.05) is 14.1 Å². The molecule has 1 saturated carbocycles. The van der Waals surface area contributed by atoms with Crippen molar-refractivity contribution in [1.82, 2.24) is 20.4 Å². The van der Waals surface area contributed by atoms with Gasteiger partial charge in [-0.2, -0.15) is 0 Å². The zero-order chi connectivity index (χ0) is 19.0. The number of amides is 2. The van der Waals surface area contributed by atoms with E-state index in [0.29, 0.717) is 12.5 Å². The summed E-state index contributed by atoms with van der Waals surface area (Å²) in [6, 6.07) is 0.241. The monoisotopic (exact) mass is 481 g/mol. The lowest BCUT2D eigenvalue weighted by Gasteiger charge is -2.31. The highest BCUT2D eigenvalue weighted by atomic mass is 127. The van der Waals surface area contributed by atoms with Crippen LogP contribution in [0.5, 0.6) is 0 Å². The molecule has 0 heterocycles. The SMILES string of the molecule is CCC(C)NC(=NCC(=O)N(C)C)NCC1(C(=O)N(C)C)CCCC1.I. The molecule has 152 valence electrons. The van der Waals surface area contributed by atoms with E-state index >= 15 is 0 Å². The van der Waals surface area contributed by atoms with Gasteiger partial charge < -0.3 is 20.4 Å². The lowest BCUT2D eigenvalue weighted by molar-refractivity contribution is -0.138. The van der Waals surface area contributed by atoms with Crippen LogP contribution in [0.15, 0.2) is 4.99 Å². The van der Waals surface area contributed by atoms with Gasteiger partial charge in [0.2, 0.25) is 11.8 Å². The molecule has 1 unspecified atom stereocenters. The molecule has 0 aromatic heterocycles. The standard InChI is InChI=1S/C18H35N5O2.HI/c1-7-14(2)21-17(19-12-15(24)22(3)4)20-13-18(10-8-9-11-18)16(25)23(5)6;/h14H,7-13H2,1-6H3,(H2,19,20,21);1H. The maximum atomic E-state index is 12.7. The molecule has 2 amide bonds. The largest absolute Gasteiger partial charge is 0.355 e. The van der Waals surface area contributed by atoms with Crippen molar-refractivity contribution in [2.75, 3.05) is 41.3 Å². The first-order valence-electron chi connectivity index (χ1n) is 9.18. The Morgan fingerprint density at radius 2 is 1.69 bits per heavy atom. The molecule has 1 rings (SSSR count). The van der Waals surface area contributed by atoms with Gasteiger partial charge in [-0.3, -0.25) is 9.59 Å². The molecule has 0 bridgehead atoms. The third kappa shape index (κ3) is 7.28. The van der Waals surface area contributed by atoms with E-state index in [2.05, 4.69) is 29.5 Å². The Morgan fingerprint density at radius 3 is 2.15 bits per heavy atom. The second-order valence-electron chi connectivity index (χ2n) is 7.45. The van der Waals surface area contributed by atoms with Crippen molar-refractivity contribution in [3.63, 3.8) is 0 Å². The molecule has 8 heteroatoms. The maximum Gasteiger partial charge on any atom is 0.243 e. The van der Waals surface area contributed by atoms with Crippen molar-refractivity contribution in [3.8, 4) is 0 Å². The number of hydrogen-bond donors (Lipinski definition) is 2. The summed E-state index contributed by atoms with van der Waals surface area (Å²) in [7, 11) is 7.06. The minimum atomic E-state index is -0.368. The van der Waals surface area contributed by atoms with Gasteiger partial charge in [-0.1, -0.05) is 19.8 Å². The van der Waals surface area contributed by atoms with Crippen molar-refractivity contribution in [2.24, 2.45) is 10.4 Å². The Kier molecular flexibility index (Phi) is 11.1. The van der Waals surface area contributed by atoms with Gasteiger partial charge in [0.15, 0.2) is 5.96 Å². The summed E-state index contributed by atoms with van der Waals surface area (Å²) in [5.74, 6) is 0.720. The molecule has 7 nitrogen and oxygen atoms in total. The van der Waals surface area contributed by atoms with E-state index in [4.69, 9.17) is 0 Å². The predicted molar refractivity (Wildman–Crippen MR) is 117 cm³/mol. The highest BCUT2D eigenvalue weighted by Gasteiger charge is 2.42. The van der Waals surface area contributed by atoms with Crippen molar-refractivity contribution in [3.05, 3.63) is 0 Å². The lowest BCUT2D eigenvalue weighted by Crippen LogP contribution is -2.50. The normalized spacial score (nSPS) is 17.1. The minimum Gasteiger partial charge on any atom is -0.355 e. The average Bonchev–Trinajstić information content (AvgIpc) is 3.05. The third-order valence-electron chi connectivity index (χ3n) is 4.88. The van der Waals surface area contributed by atoms with Crippen molar-refractivity contribution >= 4 is 41.8 Å². The smallest absolute Gasteiger partial charge is 0.243 e. The van der Waals surface area contributed by atoms with Crippen LogP contribution >= 0.6 is 24.0 Å². The molecule has 0 aromatic rings. The molecule has 1 fully saturated rings. The Bertz CT molecular complexity index is 488. The van der Waals surface area contributed by atoms with Crippen LogP contribution in [-0.4, -0.2) is 74.9 Å². The number of guanidine groups is 1. The minimum absolute atomic E-state index is 0. The summed E-state index contributed by atoms with van der Waals surface area (Å²) in [5.41, 5.74) is -0.368. The number of rotatable bonds is 7. The molecule has 1 aliphatic carbocycles. The number of carbonyl (C=O) groups excluding carboxylic acids is 2. The molecular weight excluding hydrogens is 445 g/mol. The fourth-order valence-corrected chi connectivity index (χ4v) is 3.02. The van der Waals surface area contributed by atoms with Gasteiger partial charge in [-0.25, -0.2) is 4.99 Å². The van der Waals surface area contributed by atoms with Crippen LogP contribution in [0.25, 0.3) is 0 Å². The van der Waals surface area contributed by atoms with Crippen molar-refractivity contribution in [2.45, 2.75) is 52.0 Å². The number of halogens is 1. The van der Waals surface area contributed by atoms with E-state index in [9.17, 15) is 9.59 Å². The lowest BCUT2D eigenvalue weighted by atomic mass is 9.84. The third-order valence-corrected chi connectivity index (χ3v) is 4.88. The summed E-state index contributed by atoms with van der Waals surface area (Å²) in [5, 5.41) is 6.63. The summed E-state index contributed by atoms with van der Waals surface area (Å²) in [4.78, 5) is 32.1. The van der Waals surface area contributed by atoms with Crippen LogP contribution in [0.1, 0.15) is 46.0 Å². The highest BCUT2D eigenvalue weighted by Crippen LogP contribution is 2.38. The van der Waals surface area contributed by atoms with Crippen LogP contribution in [0.4, 0.5) is 0 Å². The van der Waals surface area contributed by atoms with E-state index in [-0.39, 0.29) is 53.8 Å². The van der Waals surface area contributed by atoms with E-state index < -0.39 is 0 Å². The van der Waals surface area contributed by atoms with E-state index in [1.165, 1.54) is 4.90 Å². The maximum absolute atomic E-state index is 12.7. The second kappa shape index (κ2) is 11.6. The molecule has 0 saturated heterocycles. The Morgan fingerprint density at radius 1 is 1.12 bits per heavy atom. The second-order valence-corrected chi connectivity index (χ2v) is 7.45. The van der Waals surface area contributed by atoms with Crippen LogP contribution in [0.3, 0.4) is 0 Å². The van der Waals surface area contributed by atoms with Crippen LogP contribution < -0.4 is 10.6 Å². The summed E-state index contributed by atoms with van der Waals surface area (Å²) in [6.45, 7) is 4.80. The fraction of sp³-hybridized carbons (Fsp3) is 0.833. The molecular formula is C18H36IN5O2. The fourth-order valence-electron chi connectivity index (χ4n) is 3.02. The number of carbonyl (C=O) groups is 2. The van der Waals surface area contributed by atoms with E-state index in [1.54, 1.807) is 19.0 Å². The predicted octanol–water partition coefficient (Wildman–Crippen LogP) is 1.67. The molecule has 0 aromatic carbocycles. The number of nitrogens with zero attached hydrogens (tertiary/aromatic N) is 3. The van der Waals surface area contributed by atoms with E-state index in [0.717, 1.165) is 32.1 Å². The first kappa shape index (κ1) is 24.9. The Hall–Kier alpha value is -1.06.